The second kappa shape index (κ2) is 7.82. The van der Waals surface area contributed by atoms with E-state index in [4.69, 9.17) is 0 Å². The lowest BCUT2D eigenvalue weighted by atomic mass is 9.78. The fourth-order valence-electron chi connectivity index (χ4n) is 4.32. The monoisotopic (exact) mass is 420 g/mol. The van der Waals surface area contributed by atoms with Gasteiger partial charge in [-0.05, 0) is 84.4 Å². The molecule has 30 heavy (non-hydrogen) atoms. The number of fused-ring (bicyclic) bond motifs is 1. The lowest BCUT2D eigenvalue weighted by molar-refractivity contribution is 0.374. The average molecular weight is 420 g/mol. The molecule has 6 heteroatoms. The van der Waals surface area contributed by atoms with Gasteiger partial charge in [0.1, 0.15) is 17.5 Å². The average Bonchev–Trinajstić information content (AvgIpc) is 2.71. The summed E-state index contributed by atoms with van der Waals surface area (Å²) in [6.07, 6.45) is 5.24. The van der Waals surface area contributed by atoms with Crippen molar-refractivity contribution < 1.29 is 26.3 Å². The Labute approximate surface area is 169 Å². The van der Waals surface area contributed by atoms with Crippen molar-refractivity contribution in [3.8, 4) is 11.1 Å². The Balaban J connectivity index is 1.77. The normalized spacial score (nSPS) is 19.3. The highest BCUT2D eigenvalue weighted by Gasteiger charge is 2.24. The maximum atomic E-state index is 14.9. The zero-order chi connectivity index (χ0) is 21.6. The summed E-state index contributed by atoms with van der Waals surface area (Å²) >= 11 is 0. The van der Waals surface area contributed by atoms with Crippen molar-refractivity contribution in [3.63, 3.8) is 0 Å². The minimum Gasteiger partial charge on any atom is -0.206 e. The highest BCUT2D eigenvalue weighted by Crippen LogP contribution is 2.39. The van der Waals surface area contributed by atoms with Gasteiger partial charge in [0.2, 0.25) is 0 Å². The molecule has 0 N–H and O–H groups in total. The van der Waals surface area contributed by atoms with Crippen LogP contribution in [-0.4, -0.2) is 0 Å². The van der Waals surface area contributed by atoms with Crippen molar-refractivity contribution in [1.82, 2.24) is 0 Å². The third-order valence-corrected chi connectivity index (χ3v) is 5.95. The number of hydrogen-bond acceptors (Lipinski definition) is 0. The van der Waals surface area contributed by atoms with E-state index in [0.717, 1.165) is 37.8 Å². The van der Waals surface area contributed by atoms with Crippen molar-refractivity contribution >= 4 is 10.8 Å². The van der Waals surface area contributed by atoms with Gasteiger partial charge in [0.05, 0.1) is 10.9 Å². The standard InChI is InChI=1S/C24H18F6/c1-2-12-3-5-13(6-4-12)14-8-17(25)21(18(26)9-14)15-7-16-11-20(28)23(29)24(30)22(16)19(27)10-15/h2,7-13H,1,3-6H2. The zero-order valence-electron chi connectivity index (χ0n) is 15.9. The molecule has 0 heterocycles. The van der Waals surface area contributed by atoms with Gasteiger partial charge >= 0.3 is 0 Å². The topological polar surface area (TPSA) is 0 Å². The van der Waals surface area contributed by atoms with Gasteiger partial charge in [0.15, 0.2) is 17.5 Å². The SMILES string of the molecule is C=CC1CCC(c2cc(F)c(-c3cc(F)c4c(F)c(F)c(F)cc4c3)c(F)c2)CC1. The minimum atomic E-state index is -1.80. The maximum absolute atomic E-state index is 14.9. The number of benzene rings is 3. The highest BCUT2D eigenvalue weighted by molar-refractivity contribution is 5.88. The van der Waals surface area contributed by atoms with Gasteiger partial charge in [-0.25, -0.2) is 26.3 Å². The number of halogens is 6. The molecule has 1 fully saturated rings. The van der Waals surface area contributed by atoms with Crippen molar-refractivity contribution in [1.29, 1.82) is 0 Å². The molecule has 0 amide bonds. The van der Waals surface area contributed by atoms with Gasteiger partial charge in [-0.3, -0.25) is 0 Å². The van der Waals surface area contributed by atoms with Crippen LogP contribution in [-0.2, 0) is 0 Å². The van der Waals surface area contributed by atoms with Crippen molar-refractivity contribution in [3.05, 3.63) is 83.5 Å². The number of allylic oxidation sites excluding steroid dienone is 1. The Bertz CT molecular complexity index is 1120. The van der Waals surface area contributed by atoms with Crippen LogP contribution in [0.25, 0.3) is 21.9 Å². The summed E-state index contributed by atoms with van der Waals surface area (Å²) in [5, 5.41) is -1.10. The first kappa shape index (κ1) is 20.5. The van der Waals surface area contributed by atoms with E-state index in [9.17, 15) is 26.3 Å². The third kappa shape index (κ3) is 3.48. The molecule has 1 saturated carbocycles. The summed E-state index contributed by atoms with van der Waals surface area (Å²) in [5.41, 5.74) is -0.191. The second-order valence-electron chi connectivity index (χ2n) is 7.75. The molecule has 0 spiro atoms. The molecule has 0 aromatic heterocycles. The first-order valence-corrected chi connectivity index (χ1v) is 9.68. The molecule has 0 unspecified atom stereocenters. The quantitative estimate of drug-likeness (QED) is 0.230. The van der Waals surface area contributed by atoms with Gasteiger partial charge in [-0.15, -0.1) is 6.58 Å². The molecule has 1 aliphatic carbocycles. The molecule has 0 atom stereocenters. The predicted molar refractivity (Wildman–Crippen MR) is 104 cm³/mol. The van der Waals surface area contributed by atoms with Gasteiger partial charge in [-0.1, -0.05) is 6.08 Å². The van der Waals surface area contributed by atoms with Crippen LogP contribution in [0.3, 0.4) is 0 Å². The van der Waals surface area contributed by atoms with Crippen molar-refractivity contribution in [2.75, 3.05) is 0 Å². The third-order valence-electron chi connectivity index (χ3n) is 5.95. The predicted octanol–water partition coefficient (Wildman–Crippen LogP) is 7.80. The van der Waals surface area contributed by atoms with Gasteiger partial charge in [0.25, 0.3) is 0 Å². The van der Waals surface area contributed by atoms with Crippen LogP contribution in [0.2, 0.25) is 0 Å². The summed E-state index contributed by atoms with van der Waals surface area (Å²) in [4.78, 5) is 0. The van der Waals surface area contributed by atoms with Gasteiger partial charge < -0.3 is 0 Å². The van der Waals surface area contributed by atoms with Gasteiger partial charge in [-0.2, -0.15) is 0 Å². The molecule has 0 bridgehead atoms. The Morgan fingerprint density at radius 1 is 0.700 bits per heavy atom. The first-order chi connectivity index (χ1) is 14.3. The second-order valence-corrected chi connectivity index (χ2v) is 7.75. The largest absolute Gasteiger partial charge is 0.206 e. The van der Waals surface area contributed by atoms with E-state index in [2.05, 4.69) is 6.58 Å². The number of rotatable bonds is 3. The Kier molecular flexibility index (Phi) is 5.35. The molecule has 0 nitrogen and oxygen atoms in total. The lowest BCUT2D eigenvalue weighted by Crippen LogP contribution is -2.12. The highest BCUT2D eigenvalue weighted by atomic mass is 19.2. The molecule has 0 aliphatic heterocycles. The Hall–Kier alpha value is -2.76. The van der Waals surface area contributed by atoms with Gasteiger partial charge in [0, 0.05) is 0 Å². The summed E-state index contributed by atoms with van der Waals surface area (Å²) in [7, 11) is 0. The van der Waals surface area contributed by atoms with E-state index in [1.165, 1.54) is 12.1 Å². The molecular formula is C24H18F6. The maximum Gasteiger partial charge on any atom is 0.195 e. The smallest absolute Gasteiger partial charge is 0.195 e. The van der Waals surface area contributed by atoms with Crippen LogP contribution in [0.1, 0.15) is 37.2 Å². The van der Waals surface area contributed by atoms with Crippen LogP contribution >= 0.6 is 0 Å². The van der Waals surface area contributed by atoms with E-state index < -0.39 is 45.9 Å². The summed E-state index contributed by atoms with van der Waals surface area (Å²) < 4.78 is 85.0. The molecule has 1 aliphatic rings. The minimum absolute atomic E-state index is 0.0127. The fourth-order valence-corrected chi connectivity index (χ4v) is 4.32. The summed E-state index contributed by atoms with van der Waals surface area (Å²) in [6, 6.07) is 4.82. The molecule has 3 aromatic rings. The van der Waals surface area contributed by atoms with Crippen molar-refractivity contribution in [2.24, 2.45) is 5.92 Å². The van der Waals surface area contributed by atoms with E-state index >= 15 is 0 Å². The summed E-state index contributed by atoms with van der Waals surface area (Å²) in [5.74, 6) is -7.59. The van der Waals surface area contributed by atoms with E-state index in [-0.39, 0.29) is 16.9 Å². The Morgan fingerprint density at radius 2 is 1.33 bits per heavy atom. The molecule has 0 saturated heterocycles. The molecule has 4 rings (SSSR count). The van der Waals surface area contributed by atoms with Crippen LogP contribution in [0, 0.1) is 40.8 Å². The number of hydrogen-bond donors (Lipinski definition) is 0. The lowest BCUT2D eigenvalue weighted by Gasteiger charge is -2.27. The van der Waals surface area contributed by atoms with Crippen molar-refractivity contribution in [2.45, 2.75) is 31.6 Å². The Morgan fingerprint density at radius 3 is 1.93 bits per heavy atom. The van der Waals surface area contributed by atoms with Crippen LogP contribution in [0.4, 0.5) is 26.3 Å². The molecule has 0 radical (unpaired) electrons. The van der Waals surface area contributed by atoms with Crippen LogP contribution in [0.15, 0.2) is 43.0 Å². The van der Waals surface area contributed by atoms with E-state index in [1.54, 1.807) is 0 Å². The van der Waals surface area contributed by atoms with E-state index in [1.807, 2.05) is 6.08 Å². The first-order valence-electron chi connectivity index (χ1n) is 9.68. The zero-order valence-corrected chi connectivity index (χ0v) is 15.9. The van der Waals surface area contributed by atoms with Crippen LogP contribution < -0.4 is 0 Å². The molecular weight excluding hydrogens is 402 g/mol. The molecule has 156 valence electrons. The van der Waals surface area contributed by atoms with Crippen LogP contribution in [0.5, 0.6) is 0 Å². The molecule has 3 aromatic carbocycles. The summed E-state index contributed by atoms with van der Waals surface area (Å²) in [6.45, 7) is 3.78. The fraction of sp³-hybridized carbons (Fsp3) is 0.250. The van der Waals surface area contributed by atoms with E-state index in [0.29, 0.717) is 17.5 Å².